The van der Waals surface area contributed by atoms with Gasteiger partial charge in [-0.15, -0.1) is 0 Å². The number of aryl methyl sites for hydroxylation is 3. The van der Waals surface area contributed by atoms with Crippen molar-refractivity contribution in [2.75, 3.05) is 249 Å². The maximum atomic E-state index is 13.3. The minimum Gasteiger partial charge on any atom is -0.379 e. The lowest BCUT2D eigenvalue weighted by Crippen LogP contribution is -2.49. The van der Waals surface area contributed by atoms with Gasteiger partial charge in [0.15, 0.2) is 11.6 Å². The van der Waals surface area contributed by atoms with Crippen LogP contribution in [-0.2, 0) is 97.2 Å². The van der Waals surface area contributed by atoms with Crippen molar-refractivity contribution in [2.24, 2.45) is 27.1 Å². The van der Waals surface area contributed by atoms with Crippen molar-refractivity contribution in [3.05, 3.63) is 119 Å². The van der Waals surface area contributed by atoms with E-state index in [4.69, 9.17) is 63.7 Å². The molecule has 658 valence electrons. The van der Waals surface area contributed by atoms with Gasteiger partial charge in [0, 0.05) is 147 Å². The number of nitrogens with zero attached hydrogens (tertiary/aromatic N) is 8. The van der Waals surface area contributed by atoms with E-state index < -0.39 is 29.5 Å². The van der Waals surface area contributed by atoms with Crippen molar-refractivity contribution in [1.29, 1.82) is 0 Å². The molecule has 3 aliphatic rings. The number of aromatic nitrogens is 5. The van der Waals surface area contributed by atoms with Crippen LogP contribution >= 0.6 is 11.6 Å². The number of ether oxygens (including phenoxy) is 11. The summed E-state index contributed by atoms with van der Waals surface area (Å²) >= 11 is 6.14. The molecule has 2 fully saturated rings. The van der Waals surface area contributed by atoms with E-state index in [1.807, 2.05) is 65.6 Å². The Bertz CT molecular complexity index is 4140. The molecule has 0 bridgehead atoms. The molecule has 36 nitrogen and oxygen atoms in total. The predicted molar refractivity (Wildman–Crippen MR) is 452 cm³/mol. The van der Waals surface area contributed by atoms with Gasteiger partial charge in [0.2, 0.25) is 41.2 Å². The van der Waals surface area contributed by atoms with Crippen LogP contribution in [0.25, 0.3) is 11.1 Å². The fourth-order valence-corrected chi connectivity index (χ4v) is 13.7. The smallest absolute Gasteiger partial charge is 0.291 e. The van der Waals surface area contributed by atoms with Gasteiger partial charge in [-0.25, -0.2) is 9.97 Å². The molecule has 3 aromatic carbocycles. The number of rotatable bonds is 56. The van der Waals surface area contributed by atoms with E-state index in [0.717, 1.165) is 86.2 Å². The van der Waals surface area contributed by atoms with Gasteiger partial charge in [0.25, 0.3) is 17.7 Å². The maximum absolute atomic E-state index is 13.3. The number of piperazine rings is 1. The minimum absolute atomic E-state index is 0.0000462. The van der Waals surface area contributed by atoms with Crippen LogP contribution in [0.3, 0.4) is 0 Å². The van der Waals surface area contributed by atoms with Gasteiger partial charge >= 0.3 is 0 Å². The molecule has 0 saturated carbocycles. The first-order valence-electron chi connectivity index (χ1n) is 41.2. The Morgan fingerprint density at radius 2 is 0.942 bits per heavy atom. The summed E-state index contributed by atoms with van der Waals surface area (Å²) in [6, 6.07) is 22.9. The highest BCUT2D eigenvalue weighted by molar-refractivity contribution is 6.30. The number of carbonyl (C=O) groups is 8. The molecule has 2 atom stereocenters. The van der Waals surface area contributed by atoms with Crippen LogP contribution in [0.4, 0.5) is 34.4 Å². The molecule has 9 rings (SSSR count). The van der Waals surface area contributed by atoms with Crippen molar-refractivity contribution >= 4 is 93.2 Å². The van der Waals surface area contributed by atoms with Gasteiger partial charge in [0.1, 0.15) is 12.3 Å². The zero-order valence-corrected chi connectivity index (χ0v) is 70.4. The lowest BCUT2D eigenvalue weighted by atomic mass is 9.89. The van der Waals surface area contributed by atoms with Gasteiger partial charge < -0.3 is 123 Å². The van der Waals surface area contributed by atoms with Gasteiger partial charge in [-0.2, -0.15) is 0 Å². The topological polar surface area (TPSA) is 397 Å². The van der Waals surface area contributed by atoms with E-state index in [1.54, 1.807) is 28.1 Å². The number of imidazole rings is 2. The third-order valence-electron chi connectivity index (χ3n) is 19.8. The third-order valence-corrected chi connectivity index (χ3v) is 20.0. The number of benzene rings is 3. The van der Waals surface area contributed by atoms with E-state index in [2.05, 4.69) is 80.6 Å². The van der Waals surface area contributed by atoms with Gasteiger partial charge in [-0.3, -0.25) is 43.3 Å². The molecular formula is C83H120ClN17O19. The summed E-state index contributed by atoms with van der Waals surface area (Å²) < 4.78 is 65.7. The number of amides is 8. The summed E-state index contributed by atoms with van der Waals surface area (Å²) in [5.41, 5.74) is 6.01. The van der Waals surface area contributed by atoms with Crippen LogP contribution in [0, 0.1) is 5.92 Å². The summed E-state index contributed by atoms with van der Waals surface area (Å²) in [7, 11) is 4.81. The molecule has 3 aromatic heterocycles. The Kier molecular flexibility index (Phi) is 41.5. The van der Waals surface area contributed by atoms with Crippen LogP contribution < -0.4 is 52.8 Å². The largest absolute Gasteiger partial charge is 0.379 e. The molecule has 0 spiro atoms. The van der Waals surface area contributed by atoms with Crippen molar-refractivity contribution in [1.82, 2.24) is 54.7 Å². The van der Waals surface area contributed by atoms with Gasteiger partial charge in [0.05, 0.1) is 157 Å². The molecular weight excluding hydrogens is 1570 g/mol. The van der Waals surface area contributed by atoms with Crippen LogP contribution in [-0.4, -0.2) is 304 Å². The van der Waals surface area contributed by atoms with E-state index in [9.17, 15) is 38.4 Å². The van der Waals surface area contributed by atoms with E-state index in [-0.39, 0.29) is 124 Å². The first-order chi connectivity index (χ1) is 58.3. The number of nitrogens with one attached hydrogen (secondary N) is 9. The Morgan fingerprint density at radius 3 is 1.51 bits per heavy atom. The zero-order chi connectivity index (χ0) is 85.1. The number of carbonyl (C=O) groups excluding carboxylic acids is 8. The minimum atomic E-state index is -0.610. The van der Waals surface area contributed by atoms with Crippen LogP contribution in [0.1, 0.15) is 95.7 Å². The fraction of sp³-hybridized carbons (Fsp3) is 0.566. The van der Waals surface area contributed by atoms with E-state index >= 15 is 0 Å². The molecule has 9 N–H and O–H groups in total. The molecule has 120 heavy (non-hydrogen) atoms. The lowest BCUT2D eigenvalue weighted by Gasteiger charge is -2.39. The number of halogens is 1. The molecule has 6 aromatic rings. The summed E-state index contributed by atoms with van der Waals surface area (Å²) in [6.07, 6.45) is 7.80. The molecule has 37 heteroatoms. The van der Waals surface area contributed by atoms with Crippen molar-refractivity contribution in [3.8, 4) is 11.1 Å². The fourth-order valence-electron chi connectivity index (χ4n) is 13.6. The summed E-state index contributed by atoms with van der Waals surface area (Å²) in [5, 5.41) is 26.7. The average molecular weight is 1700 g/mol. The molecule has 2 saturated heterocycles. The number of anilines is 6. The number of hydrogen-bond acceptors (Lipinski definition) is 25. The Labute approximate surface area is 706 Å². The number of piperidine rings is 1. The molecule has 0 unspecified atom stereocenters. The molecule has 0 radical (unpaired) electrons. The van der Waals surface area contributed by atoms with Crippen LogP contribution in [0.5, 0.6) is 0 Å². The third kappa shape index (κ3) is 33.9. The standard InChI is InChI=1S/C83H120ClN17O19/c1-60-52-70(89-66-13-9-65(84)10-14-66)69-53-64(8-15-71(69)101(60)61(2)102)63-6-11-67(12-7-63)90-77(105)20-31-110-34-37-113-40-42-115-44-46-117-48-49-118-47-45-116-43-41-114-38-35-111-32-25-88-82(108)79-94-73(57-97(79)4)92-76(104)19-24-87-81(107)72-54-68(56-96(72)3)91-83(109)80-95-74(58-98(80)5)93-75(103)18-23-86-78(106)59-120-51-50-119-39-36-112-33-30-99-26-28-100(29-27-99)55-62-16-21-85-22-17-62/h6-15,53-54,56-58,60,62,70,85,89H,16-52,55,59H2,1-5H3,(H,86,106)(H,87,107)(H,88,108)(H,90,105)(H,91,109)(H,92,104)(H,93,103)/t60-,70-/m1/s1. The summed E-state index contributed by atoms with van der Waals surface area (Å²) in [6.45, 7) is 20.3. The highest BCUT2D eigenvalue weighted by Gasteiger charge is 2.33. The van der Waals surface area contributed by atoms with Crippen LogP contribution in [0.15, 0.2) is 91.4 Å². The predicted octanol–water partition coefficient (Wildman–Crippen LogP) is 5.12. The van der Waals surface area contributed by atoms with Crippen molar-refractivity contribution in [3.63, 3.8) is 0 Å². The normalized spacial score (nSPS) is 15.1. The second kappa shape index (κ2) is 52.7. The first kappa shape index (κ1) is 94.5. The maximum Gasteiger partial charge on any atom is 0.291 e. The van der Waals surface area contributed by atoms with Gasteiger partial charge in [-0.05, 0) is 116 Å². The lowest BCUT2D eigenvalue weighted by molar-refractivity contribution is -0.126. The zero-order valence-electron chi connectivity index (χ0n) is 69.7. The summed E-state index contributed by atoms with van der Waals surface area (Å²) in [4.78, 5) is 118. The molecule has 0 aliphatic carbocycles. The SMILES string of the molecule is CC(=O)N1c2ccc(-c3ccc(NC(=O)CCOCCOCCOCCOCCOCCOCCOCCOCCNC(=O)c4nc(NC(=O)CCNC(=O)c5cc(NC(=O)c6nc(NC(=O)CCNC(=O)COCCOCCOCCN7CCN(CC8CCNCC8)CC7)cn6C)cn5C)cn4C)cc3)cc2[C@H](Nc2ccc(Cl)cc2)C[C@H]1C. The second-order valence-electron chi connectivity index (χ2n) is 29.1. The Morgan fingerprint density at radius 1 is 0.458 bits per heavy atom. The second-order valence-corrected chi connectivity index (χ2v) is 29.5. The highest BCUT2D eigenvalue weighted by Crippen LogP contribution is 2.41. The quantitative estimate of drug-likeness (QED) is 0.0224. The average Bonchev–Trinajstić information content (AvgIpc) is 1.30. The van der Waals surface area contributed by atoms with Crippen LogP contribution in [0.2, 0.25) is 5.02 Å². The number of hydrogen-bond donors (Lipinski definition) is 9. The van der Waals surface area contributed by atoms with Gasteiger partial charge in [-0.1, -0.05) is 29.8 Å². The highest BCUT2D eigenvalue weighted by atomic mass is 35.5. The molecule has 6 heterocycles. The van der Waals surface area contributed by atoms with Crippen molar-refractivity contribution < 1.29 is 90.5 Å². The monoisotopic (exact) mass is 1690 g/mol. The Balaban J connectivity index is 0.496. The number of fused-ring (bicyclic) bond motifs is 1. The Hall–Kier alpha value is -9.35. The van der Waals surface area contributed by atoms with Crippen molar-refractivity contribution in [2.45, 2.75) is 64.5 Å². The van der Waals surface area contributed by atoms with E-state index in [0.29, 0.717) is 135 Å². The van der Waals surface area contributed by atoms with E-state index in [1.165, 1.54) is 57.7 Å². The first-order valence-corrected chi connectivity index (χ1v) is 41.5. The molecule has 8 amide bonds. The molecule has 3 aliphatic heterocycles. The summed E-state index contributed by atoms with van der Waals surface area (Å²) in [5.74, 6) is -1.91.